The Morgan fingerprint density at radius 1 is 0.750 bits per heavy atom. The van der Waals surface area contributed by atoms with Crippen molar-refractivity contribution in [3.8, 4) is 0 Å². The number of rotatable bonds is 14. The van der Waals surface area contributed by atoms with Crippen LogP contribution in [0.2, 0.25) is 30.8 Å². The first-order valence-corrected chi connectivity index (χ1v) is 26.4. The zero-order chi connectivity index (χ0) is 44.0. The predicted molar refractivity (Wildman–Crippen MR) is 260 cm³/mol. The lowest BCUT2D eigenvalue weighted by Crippen LogP contribution is -2.39. The molecule has 320 valence electrons. The van der Waals surface area contributed by atoms with Crippen LogP contribution in [0.25, 0.3) is 32.2 Å². The highest BCUT2D eigenvalue weighted by Gasteiger charge is 2.42. The van der Waals surface area contributed by atoms with Gasteiger partial charge in [-0.2, -0.15) is 15.3 Å². The molecule has 0 amide bonds. The van der Waals surface area contributed by atoms with Crippen LogP contribution in [0.4, 0.5) is 0 Å². The molecular formula is C51H47ClN8O2SSi. The van der Waals surface area contributed by atoms with Gasteiger partial charge < -0.3 is 9.30 Å². The largest absolute Gasteiger partial charge is 0.360 e. The fourth-order valence-electron chi connectivity index (χ4n) is 8.88. The smallest absolute Gasteiger partial charge is 0.291 e. The lowest BCUT2D eigenvalue weighted by Gasteiger charge is -2.37. The minimum atomic E-state index is -1.20. The summed E-state index contributed by atoms with van der Waals surface area (Å²) in [7, 11) is 0.705. The number of hydrogen-bond donors (Lipinski definition) is 0. The normalized spacial score (nSPS) is 12.8. The molecule has 0 N–H and O–H groups in total. The van der Waals surface area contributed by atoms with Crippen LogP contribution in [-0.2, 0) is 30.6 Å². The molecule has 64 heavy (non-hydrogen) atoms. The molecule has 0 radical (unpaired) electrons. The Balaban J connectivity index is 1.04. The SMILES string of the molecule is Cn1c2nc(C(c3ccccc3)c3cc(Cl)n(C(c4ccccc4)(c4ccccc4)c4ccccc4)n3)sc2c2cnn(Cc3cccc4c3cnn4COCC[Si](C)(C)C)c(=O)c21. The van der Waals surface area contributed by atoms with E-state index < -0.39 is 13.6 Å². The summed E-state index contributed by atoms with van der Waals surface area (Å²) in [5.74, 6) is -0.368. The molecule has 5 heterocycles. The minimum absolute atomic E-state index is 0.185. The van der Waals surface area contributed by atoms with Crippen LogP contribution in [-0.4, -0.2) is 53.6 Å². The molecule has 0 spiro atoms. The van der Waals surface area contributed by atoms with Crippen LogP contribution in [0, 0.1) is 0 Å². The van der Waals surface area contributed by atoms with Crippen LogP contribution in [0.1, 0.15) is 44.4 Å². The molecule has 5 aromatic carbocycles. The van der Waals surface area contributed by atoms with E-state index in [0.29, 0.717) is 36.2 Å². The van der Waals surface area contributed by atoms with E-state index in [0.717, 1.165) is 65.6 Å². The van der Waals surface area contributed by atoms with Crippen LogP contribution in [0.5, 0.6) is 0 Å². The summed E-state index contributed by atoms with van der Waals surface area (Å²) < 4.78 is 14.2. The molecule has 0 bridgehead atoms. The van der Waals surface area contributed by atoms with E-state index in [-0.39, 0.29) is 11.5 Å². The monoisotopic (exact) mass is 898 g/mol. The number of benzene rings is 5. The third-order valence-electron chi connectivity index (χ3n) is 12.1. The highest BCUT2D eigenvalue weighted by Crippen LogP contribution is 2.45. The number of halogens is 1. The molecule has 1 atom stereocenters. The highest BCUT2D eigenvalue weighted by atomic mass is 35.5. The Hall–Kier alpha value is -6.44. The molecular weight excluding hydrogens is 852 g/mol. The van der Waals surface area contributed by atoms with Crippen molar-refractivity contribution in [3.05, 3.63) is 212 Å². The highest BCUT2D eigenvalue weighted by molar-refractivity contribution is 7.19. The average molecular weight is 900 g/mol. The molecule has 10 rings (SSSR count). The summed E-state index contributed by atoms with van der Waals surface area (Å²) in [5.41, 5.74) is 6.93. The van der Waals surface area contributed by atoms with Gasteiger partial charge in [-0.25, -0.2) is 19.0 Å². The maximum Gasteiger partial charge on any atom is 0.291 e. The number of thiazole rings is 1. The van der Waals surface area contributed by atoms with E-state index in [1.807, 2.05) is 87.8 Å². The van der Waals surface area contributed by atoms with Crippen molar-refractivity contribution in [1.82, 2.24) is 38.9 Å². The van der Waals surface area contributed by atoms with Crippen molar-refractivity contribution in [2.24, 2.45) is 7.05 Å². The van der Waals surface area contributed by atoms with Crippen molar-refractivity contribution in [1.29, 1.82) is 0 Å². The van der Waals surface area contributed by atoms with Gasteiger partial charge in [-0.15, -0.1) is 11.3 Å². The van der Waals surface area contributed by atoms with Gasteiger partial charge in [0.25, 0.3) is 5.56 Å². The van der Waals surface area contributed by atoms with Crippen molar-refractivity contribution >= 4 is 63.2 Å². The summed E-state index contributed by atoms with van der Waals surface area (Å²) in [6, 6.07) is 50.6. The van der Waals surface area contributed by atoms with E-state index >= 15 is 0 Å². The Morgan fingerprint density at radius 3 is 1.97 bits per heavy atom. The number of hydrogen-bond acceptors (Lipinski definition) is 7. The summed E-state index contributed by atoms with van der Waals surface area (Å²) in [5, 5.41) is 17.9. The topological polar surface area (TPSA) is 97.6 Å². The van der Waals surface area contributed by atoms with Crippen LogP contribution in [0.15, 0.2) is 163 Å². The van der Waals surface area contributed by atoms with E-state index in [2.05, 4.69) is 110 Å². The number of fused-ring (bicyclic) bond motifs is 4. The van der Waals surface area contributed by atoms with E-state index in [1.165, 1.54) is 4.68 Å². The zero-order valence-corrected chi connectivity index (χ0v) is 38.7. The molecule has 0 saturated carbocycles. The number of nitrogens with zero attached hydrogens (tertiary/aromatic N) is 8. The molecule has 0 aliphatic carbocycles. The number of ether oxygens (including phenoxy) is 1. The van der Waals surface area contributed by atoms with Crippen LogP contribution < -0.4 is 5.56 Å². The Morgan fingerprint density at radius 2 is 1.34 bits per heavy atom. The fourth-order valence-corrected chi connectivity index (χ4v) is 11.2. The van der Waals surface area contributed by atoms with Crippen molar-refractivity contribution < 1.29 is 4.74 Å². The molecule has 0 saturated heterocycles. The van der Waals surface area contributed by atoms with Crippen LogP contribution >= 0.6 is 22.9 Å². The number of aryl methyl sites for hydroxylation is 1. The first-order valence-electron chi connectivity index (χ1n) is 21.5. The molecule has 0 fully saturated rings. The first-order chi connectivity index (χ1) is 31.1. The molecule has 13 heteroatoms. The summed E-state index contributed by atoms with van der Waals surface area (Å²) in [4.78, 5) is 19.7. The lowest BCUT2D eigenvalue weighted by molar-refractivity contribution is 0.0817. The van der Waals surface area contributed by atoms with Crippen molar-refractivity contribution in [2.75, 3.05) is 6.61 Å². The molecule has 5 aromatic heterocycles. The van der Waals surface area contributed by atoms with Gasteiger partial charge in [-0.3, -0.25) is 4.79 Å². The third kappa shape index (κ3) is 7.39. The Bertz CT molecular complexity index is 3210. The van der Waals surface area contributed by atoms with Gasteiger partial charge >= 0.3 is 0 Å². The molecule has 10 aromatic rings. The average Bonchev–Trinajstić information content (AvgIpc) is 4.09. The lowest BCUT2D eigenvalue weighted by atomic mass is 9.77. The first kappa shape index (κ1) is 41.6. The predicted octanol–water partition coefficient (Wildman–Crippen LogP) is 10.9. The van der Waals surface area contributed by atoms with E-state index in [9.17, 15) is 4.79 Å². The van der Waals surface area contributed by atoms with Gasteiger partial charge in [0, 0.05) is 32.5 Å². The zero-order valence-electron chi connectivity index (χ0n) is 36.1. The van der Waals surface area contributed by atoms with Crippen molar-refractivity contribution in [3.63, 3.8) is 0 Å². The maximum atomic E-state index is 14.4. The molecule has 0 aliphatic heterocycles. The summed E-state index contributed by atoms with van der Waals surface area (Å²) in [6.45, 7) is 8.42. The molecule has 1 unspecified atom stereocenters. The molecule has 10 nitrogen and oxygen atoms in total. The van der Waals surface area contributed by atoms with Gasteiger partial charge in [0.05, 0.1) is 40.8 Å². The standard InChI is InChI=1S/C51H47ClN8O2SSi/c1-57-46-41(32-53-58(50(46)61)33-36-20-17-27-43-40(36)31-54-59(43)34-62-28-29-64(2,3)4)47-48(57)55-49(63-47)45(35-18-9-5-10-19-35)42-30-44(52)60(56-42)51(37-21-11-6-12-22-37,38-23-13-7-14-24-38)39-25-15-8-16-26-39/h5-27,30-32,45H,28-29,33-34H2,1-4H3. The third-order valence-corrected chi connectivity index (χ3v) is 15.2. The van der Waals surface area contributed by atoms with Gasteiger partial charge in [0.15, 0.2) is 5.65 Å². The summed E-state index contributed by atoms with van der Waals surface area (Å²) >= 11 is 9.00. The minimum Gasteiger partial charge on any atom is -0.360 e. The van der Waals surface area contributed by atoms with Gasteiger partial charge in [0.2, 0.25) is 0 Å². The van der Waals surface area contributed by atoms with Gasteiger partial charge in [-0.05, 0) is 46.0 Å². The second-order valence-corrected chi connectivity index (χ2v) is 24.5. The Kier molecular flexibility index (Phi) is 11.0. The molecule has 0 aliphatic rings. The van der Waals surface area contributed by atoms with Gasteiger partial charge in [0.1, 0.15) is 27.9 Å². The Labute approximate surface area is 381 Å². The fraction of sp³-hybridized carbons (Fsp3) is 0.196. The second-order valence-electron chi connectivity index (χ2n) is 17.4. The van der Waals surface area contributed by atoms with E-state index in [4.69, 9.17) is 31.5 Å². The summed E-state index contributed by atoms with van der Waals surface area (Å²) in [6.07, 6.45) is 3.65. The quantitative estimate of drug-likeness (QED) is 0.0613. The van der Waals surface area contributed by atoms with Crippen molar-refractivity contribution in [2.45, 2.75) is 50.4 Å². The van der Waals surface area contributed by atoms with E-state index in [1.54, 1.807) is 17.5 Å². The van der Waals surface area contributed by atoms with Gasteiger partial charge in [-0.1, -0.05) is 165 Å². The number of aromatic nitrogens is 8. The second kappa shape index (κ2) is 16.9. The maximum absolute atomic E-state index is 14.4. The van der Waals surface area contributed by atoms with Crippen LogP contribution in [0.3, 0.4) is 0 Å².